The quantitative estimate of drug-likeness (QED) is 0.428. The van der Waals surface area contributed by atoms with E-state index in [1.807, 2.05) is 0 Å². The van der Waals surface area contributed by atoms with Gasteiger partial charge in [0.2, 0.25) is 5.76 Å². The summed E-state index contributed by atoms with van der Waals surface area (Å²) in [6.45, 7) is 0.432. The number of hydrogen-bond acceptors (Lipinski definition) is 6. The molecule has 1 aliphatic rings. The fourth-order valence-corrected chi connectivity index (χ4v) is 3.68. The first kappa shape index (κ1) is 20.0. The van der Waals surface area contributed by atoms with E-state index in [0.29, 0.717) is 18.0 Å². The third-order valence-corrected chi connectivity index (χ3v) is 5.50. The van der Waals surface area contributed by atoms with Crippen LogP contribution in [-0.2, 0) is 17.8 Å². The molecule has 0 N–H and O–H groups in total. The normalized spacial score (nSPS) is 13.6. The van der Waals surface area contributed by atoms with Gasteiger partial charge < -0.3 is 13.7 Å². The van der Waals surface area contributed by atoms with Gasteiger partial charge >= 0.3 is 11.7 Å². The minimum atomic E-state index is -0.608. The Morgan fingerprint density at radius 2 is 1.94 bits per heavy atom. The van der Waals surface area contributed by atoms with Crippen LogP contribution in [0.2, 0.25) is 0 Å². The van der Waals surface area contributed by atoms with E-state index in [1.165, 1.54) is 52.9 Å². The molecule has 0 atom stereocenters. The molecule has 10 heteroatoms. The molecule has 164 valence electrons. The predicted octanol–water partition coefficient (Wildman–Crippen LogP) is 2.33. The molecule has 3 aromatic heterocycles. The first-order valence-corrected chi connectivity index (χ1v) is 10.1. The van der Waals surface area contributed by atoms with Crippen LogP contribution in [0.15, 0.2) is 56.7 Å². The molecule has 1 fully saturated rings. The molecule has 0 spiro atoms. The van der Waals surface area contributed by atoms with Crippen LogP contribution in [0.25, 0.3) is 16.9 Å². The number of carbonyl (C=O) groups is 1. The monoisotopic (exact) mass is 438 g/mol. The minimum Gasteiger partial charge on any atom is -0.463 e. The van der Waals surface area contributed by atoms with Gasteiger partial charge in [-0.25, -0.2) is 23.5 Å². The van der Waals surface area contributed by atoms with E-state index in [-0.39, 0.29) is 29.4 Å². The molecule has 0 saturated heterocycles. The maximum atomic E-state index is 13.5. The average molecular weight is 438 g/mol. The number of fused-ring (bicyclic) bond motifs is 1. The minimum absolute atomic E-state index is 0.0429. The highest BCUT2D eigenvalue weighted by Crippen LogP contribution is 2.30. The van der Waals surface area contributed by atoms with Gasteiger partial charge in [-0.3, -0.25) is 9.36 Å². The topological polar surface area (TPSA) is 101 Å². The van der Waals surface area contributed by atoms with Gasteiger partial charge in [-0.1, -0.05) is 0 Å². The molecular weight excluding hydrogens is 419 g/mol. The lowest BCUT2D eigenvalue weighted by Crippen LogP contribution is -2.40. The fourth-order valence-electron chi connectivity index (χ4n) is 3.68. The summed E-state index contributed by atoms with van der Waals surface area (Å²) in [5, 5.41) is 0. The average Bonchev–Trinajstić information content (AvgIpc) is 3.33. The molecule has 9 nitrogen and oxygen atoms in total. The highest BCUT2D eigenvalue weighted by molar-refractivity contribution is 5.86. The Bertz CT molecular complexity index is 1440. The number of hydrogen-bond donors (Lipinski definition) is 0. The van der Waals surface area contributed by atoms with Gasteiger partial charge in [-0.05, 0) is 55.2 Å². The lowest BCUT2D eigenvalue weighted by Gasteiger charge is -2.12. The molecule has 1 aliphatic carbocycles. The number of ether oxygens (including phenoxy) is 1. The highest BCUT2D eigenvalue weighted by atomic mass is 19.1. The summed E-state index contributed by atoms with van der Waals surface area (Å²) in [4.78, 5) is 42.5. The zero-order chi connectivity index (χ0) is 22.4. The van der Waals surface area contributed by atoms with Crippen LogP contribution in [0, 0.1) is 11.7 Å². The summed E-state index contributed by atoms with van der Waals surface area (Å²) in [5.41, 5.74) is -0.184. The molecule has 4 aromatic rings. The molecule has 0 unspecified atom stereocenters. The van der Waals surface area contributed by atoms with Crippen LogP contribution in [0.5, 0.6) is 0 Å². The summed E-state index contributed by atoms with van der Waals surface area (Å²) in [5.74, 6) is -0.306. The van der Waals surface area contributed by atoms with Gasteiger partial charge in [-0.15, -0.1) is 0 Å². The van der Waals surface area contributed by atoms with Crippen LogP contribution in [0.4, 0.5) is 4.39 Å². The number of benzene rings is 1. The third kappa shape index (κ3) is 3.43. The van der Waals surface area contributed by atoms with E-state index >= 15 is 0 Å². The van der Waals surface area contributed by atoms with E-state index in [4.69, 9.17) is 4.42 Å². The lowest BCUT2D eigenvalue weighted by molar-refractivity contribution is 0.0563. The summed E-state index contributed by atoms with van der Waals surface area (Å²) in [6.07, 6.45) is 3.36. The van der Waals surface area contributed by atoms with Crippen LogP contribution in [0.3, 0.4) is 0 Å². The van der Waals surface area contributed by atoms with E-state index in [9.17, 15) is 18.8 Å². The van der Waals surface area contributed by atoms with Crippen molar-refractivity contribution in [3.8, 4) is 5.69 Å². The van der Waals surface area contributed by atoms with Crippen molar-refractivity contribution in [2.24, 2.45) is 5.92 Å². The maximum absolute atomic E-state index is 13.5. The zero-order valence-electron chi connectivity index (χ0n) is 17.2. The molecule has 0 amide bonds. The number of furan rings is 1. The van der Waals surface area contributed by atoms with Gasteiger partial charge in [0.25, 0.3) is 5.56 Å². The molecule has 1 saturated carbocycles. The van der Waals surface area contributed by atoms with Crippen molar-refractivity contribution in [3.63, 3.8) is 0 Å². The van der Waals surface area contributed by atoms with Crippen molar-refractivity contribution in [1.82, 2.24) is 18.7 Å². The SMILES string of the molecule is COC(=O)c1ccc(Cn2cnc3c2c(=O)n(CC2CC2)c(=O)n3-c2ccc(F)cc2)o1. The molecule has 32 heavy (non-hydrogen) atoms. The number of imidazole rings is 1. The highest BCUT2D eigenvalue weighted by Gasteiger charge is 2.26. The van der Waals surface area contributed by atoms with Gasteiger partial charge in [-0.2, -0.15) is 0 Å². The van der Waals surface area contributed by atoms with E-state index in [2.05, 4.69) is 9.72 Å². The van der Waals surface area contributed by atoms with Crippen LogP contribution in [-0.4, -0.2) is 31.8 Å². The van der Waals surface area contributed by atoms with Crippen molar-refractivity contribution in [2.75, 3.05) is 7.11 Å². The lowest BCUT2D eigenvalue weighted by atomic mass is 10.3. The van der Waals surface area contributed by atoms with E-state index in [0.717, 1.165) is 12.8 Å². The first-order chi connectivity index (χ1) is 15.5. The molecular formula is C22H19FN4O5. The van der Waals surface area contributed by atoms with E-state index in [1.54, 1.807) is 10.6 Å². The largest absolute Gasteiger partial charge is 0.463 e. The number of nitrogens with zero attached hydrogens (tertiary/aromatic N) is 4. The second kappa shape index (κ2) is 7.63. The predicted molar refractivity (Wildman–Crippen MR) is 111 cm³/mol. The third-order valence-electron chi connectivity index (χ3n) is 5.50. The Hall–Kier alpha value is -3.95. The van der Waals surface area contributed by atoms with Gasteiger partial charge in [0.1, 0.15) is 11.6 Å². The Labute approximate surface area is 180 Å². The summed E-state index contributed by atoms with van der Waals surface area (Å²) in [6, 6.07) is 8.53. The molecule has 0 bridgehead atoms. The summed E-state index contributed by atoms with van der Waals surface area (Å²) < 4.78 is 27.7. The first-order valence-electron chi connectivity index (χ1n) is 10.1. The number of rotatable bonds is 6. The Morgan fingerprint density at radius 1 is 1.19 bits per heavy atom. The molecule has 5 rings (SSSR count). The number of carbonyl (C=O) groups excluding carboxylic acids is 1. The number of halogens is 1. The summed E-state index contributed by atoms with van der Waals surface area (Å²) in [7, 11) is 1.25. The molecule has 0 radical (unpaired) electrons. The van der Waals surface area contributed by atoms with Gasteiger partial charge in [0.15, 0.2) is 11.2 Å². The molecule has 0 aliphatic heterocycles. The smallest absolute Gasteiger partial charge is 0.373 e. The maximum Gasteiger partial charge on any atom is 0.373 e. The van der Waals surface area contributed by atoms with Crippen molar-refractivity contribution in [2.45, 2.75) is 25.9 Å². The van der Waals surface area contributed by atoms with Crippen LogP contribution < -0.4 is 11.2 Å². The van der Waals surface area contributed by atoms with Crippen molar-refractivity contribution in [1.29, 1.82) is 0 Å². The van der Waals surface area contributed by atoms with Crippen molar-refractivity contribution >= 4 is 17.1 Å². The molecule has 3 heterocycles. The zero-order valence-corrected chi connectivity index (χ0v) is 17.2. The standard InChI is InChI=1S/C22H19FN4O5/c1-31-21(29)17-9-8-16(32-17)11-25-12-24-19-18(25)20(28)26(10-13-2-3-13)22(30)27(19)15-6-4-14(23)5-7-15/h4-9,12-13H,2-3,10-11H2,1H3. The molecule has 1 aromatic carbocycles. The van der Waals surface area contributed by atoms with Gasteiger partial charge in [0, 0.05) is 6.54 Å². The number of aromatic nitrogens is 4. The Kier molecular flexibility index (Phi) is 4.76. The second-order valence-electron chi connectivity index (χ2n) is 7.76. The second-order valence-corrected chi connectivity index (χ2v) is 7.76. The Morgan fingerprint density at radius 3 is 2.62 bits per heavy atom. The fraction of sp³-hybridized carbons (Fsp3) is 0.273. The van der Waals surface area contributed by atoms with Gasteiger partial charge in [0.05, 0.1) is 25.7 Å². The van der Waals surface area contributed by atoms with Crippen molar-refractivity contribution < 1.29 is 18.3 Å². The number of methoxy groups -OCH3 is 1. The summed E-state index contributed by atoms with van der Waals surface area (Å²) >= 11 is 0. The number of esters is 1. The van der Waals surface area contributed by atoms with Crippen molar-refractivity contribution in [3.05, 3.63) is 80.9 Å². The van der Waals surface area contributed by atoms with Crippen LogP contribution >= 0.6 is 0 Å². The van der Waals surface area contributed by atoms with Crippen LogP contribution in [0.1, 0.15) is 29.2 Å². The Balaban J connectivity index is 1.67. The van der Waals surface area contributed by atoms with E-state index < -0.39 is 23.0 Å².